The van der Waals surface area contributed by atoms with Crippen molar-refractivity contribution < 1.29 is 18.6 Å². The smallest absolute Gasteiger partial charge is 0.311 e. The maximum atomic E-state index is 13.1. The zero-order valence-corrected chi connectivity index (χ0v) is 10.9. The molecule has 1 aromatic heterocycles. The third-order valence-electron chi connectivity index (χ3n) is 2.45. The quantitative estimate of drug-likeness (QED) is 0.618. The number of nitrogens with zero attached hydrogens (tertiary/aromatic N) is 3. The lowest BCUT2D eigenvalue weighted by molar-refractivity contribution is -0.386. The van der Waals surface area contributed by atoms with Crippen molar-refractivity contribution >= 4 is 5.69 Å². The molecule has 8 heteroatoms. The molecule has 0 N–H and O–H groups in total. The number of hydrogen-bond acceptors (Lipinski definition) is 6. The van der Waals surface area contributed by atoms with Gasteiger partial charge in [0.2, 0.25) is 11.7 Å². The van der Waals surface area contributed by atoms with Crippen LogP contribution in [0.2, 0.25) is 0 Å². The number of halogens is 1. The van der Waals surface area contributed by atoms with Gasteiger partial charge in [-0.05, 0) is 6.07 Å². The van der Waals surface area contributed by atoms with Crippen molar-refractivity contribution in [1.29, 1.82) is 0 Å². The monoisotopic (exact) mass is 281 g/mol. The van der Waals surface area contributed by atoms with E-state index in [2.05, 4.69) is 10.1 Å². The highest BCUT2D eigenvalue weighted by atomic mass is 19.1. The number of rotatable bonds is 5. The maximum Gasteiger partial charge on any atom is 0.311 e. The fraction of sp³-hybridized carbons (Fsp3) is 0.333. The van der Waals surface area contributed by atoms with E-state index in [-0.39, 0.29) is 29.8 Å². The number of nitro groups is 1. The molecule has 7 nitrogen and oxygen atoms in total. The fourth-order valence-corrected chi connectivity index (χ4v) is 1.46. The summed E-state index contributed by atoms with van der Waals surface area (Å²) in [7, 11) is 0. The summed E-state index contributed by atoms with van der Waals surface area (Å²) in [5.41, 5.74) is -0.320. The van der Waals surface area contributed by atoms with Crippen LogP contribution in [0.3, 0.4) is 0 Å². The molecule has 2 aromatic rings. The summed E-state index contributed by atoms with van der Waals surface area (Å²) in [6.45, 7) is 3.63. The van der Waals surface area contributed by atoms with Gasteiger partial charge in [0.25, 0.3) is 0 Å². The molecular weight excluding hydrogens is 269 g/mol. The molecule has 20 heavy (non-hydrogen) atoms. The van der Waals surface area contributed by atoms with Crippen LogP contribution in [0.15, 0.2) is 22.7 Å². The zero-order valence-electron chi connectivity index (χ0n) is 10.9. The van der Waals surface area contributed by atoms with Gasteiger partial charge in [0, 0.05) is 18.1 Å². The van der Waals surface area contributed by atoms with Crippen molar-refractivity contribution in [2.24, 2.45) is 0 Å². The summed E-state index contributed by atoms with van der Waals surface area (Å²) in [4.78, 5) is 14.2. The first-order chi connectivity index (χ1) is 9.47. The molecule has 0 radical (unpaired) electrons. The largest absolute Gasteiger partial charge is 0.478 e. The van der Waals surface area contributed by atoms with E-state index in [0.29, 0.717) is 5.89 Å². The van der Waals surface area contributed by atoms with Gasteiger partial charge < -0.3 is 9.26 Å². The second-order valence-corrected chi connectivity index (χ2v) is 4.36. The lowest BCUT2D eigenvalue weighted by atomic mass is 10.2. The molecule has 0 bridgehead atoms. The molecular formula is C12H12FN3O4. The summed E-state index contributed by atoms with van der Waals surface area (Å²) in [5, 5.41) is 14.5. The van der Waals surface area contributed by atoms with Gasteiger partial charge in [-0.15, -0.1) is 0 Å². The van der Waals surface area contributed by atoms with E-state index in [4.69, 9.17) is 9.26 Å². The van der Waals surface area contributed by atoms with Crippen LogP contribution >= 0.6 is 0 Å². The molecule has 0 fully saturated rings. The van der Waals surface area contributed by atoms with Gasteiger partial charge in [-0.3, -0.25) is 10.1 Å². The first kappa shape index (κ1) is 13.9. The number of aromatic nitrogens is 2. The van der Waals surface area contributed by atoms with Gasteiger partial charge in [-0.2, -0.15) is 4.98 Å². The van der Waals surface area contributed by atoms with Crippen LogP contribution in [0.4, 0.5) is 10.1 Å². The summed E-state index contributed by atoms with van der Waals surface area (Å²) >= 11 is 0. The number of hydrogen-bond donors (Lipinski definition) is 0. The molecule has 0 saturated carbocycles. The molecule has 1 aromatic carbocycles. The summed E-state index contributed by atoms with van der Waals surface area (Å²) in [6.07, 6.45) is 0. The Balaban J connectivity index is 2.13. The minimum atomic E-state index is -0.648. The molecule has 0 aliphatic rings. The fourth-order valence-electron chi connectivity index (χ4n) is 1.46. The molecule has 0 spiro atoms. The number of benzene rings is 1. The summed E-state index contributed by atoms with van der Waals surface area (Å²) in [6, 6.07) is 2.98. The van der Waals surface area contributed by atoms with Gasteiger partial charge in [0.05, 0.1) is 4.92 Å². The van der Waals surface area contributed by atoms with Crippen LogP contribution in [0.1, 0.15) is 31.5 Å². The van der Waals surface area contributed by atoms with Gasteiger partial charge in [-0.25, -0.2) is 4.39 Å². The van der Waals surface area contributed by atoms with Gasteiger partial charge >= 0.3 is 5.69 Å². The molecule has 106 valence electrons. The van der Waals surface area contributed by atoms with Crippen LogP contribution in [0.5, 0.6) is 5.75 Å². The Kier molecular flexibility index (Phi) is 3.92. The molecule has 0 aliphatic heterocycles. The first-order valence-corrected chi connectivity index (χ1v) is 5.86. The average molecular weight is 281 g/mol. The van der Waals surface area contributed by atoms with Crippen molar-refractivity contribution in [3.63, 3.8) is 0 Å². The molecule has 1 heterocycles. The third-order valence-corrected chi connectivity index (χ3v) is 2.45. The molecule has 0 atom stereocenters. The van der Waals surface area contributed by atoms with E-state index in [1.54, 1.807) is 0 Å². The lowest BCUT2D eigenvalue weighted by Crippen LogP contribution is -2.01. The van der Waals surface area contributed by atoms with E-state index in [0.717, 1.165) is 18.2 Å². The second-order valence-electron chi connectivity index (χ2n) is 4.36. The molecule has 2 rings (SSSR count). The Bertz CT molecular complexity index is 627. The maximum absolute atomic E-state index is 13.1. The van der Waals surface area contributed by atoms with Crippen LogP contribution < -0.4 is 4.74 Å². The van der Waals surface area contributed by atoms with Crippen molar-refractivity contribution in [2.45, 2.75) is 26.4 Å². The van der Waals surface area contributed by atoms with Gasteiger partial charge in [0.15, 0.2) is 12.4 Å². The Labute approximate surface area is 113 Å². The minimum absolute atomic E-state index is 0.0692. The van der Waals surface area contributed by atoms with E-state index in [1.807, 2.05) is 13.8 Å². The predicted molar refractivity (Wildman–Crippen MR) is 65.8 cm³/mol. The molecule has 0 unspecified atom stereocenters. The second kappa shape index (κ2) is 5.64. The standard InChI is InChI=1S/C12H12FN3O4/c1-7(2)12-14-11(15-20-12)6-19-10-5-8(13)3-4-9(10)16(17)18/h3-5,7H,6H2,1-2H3. The predicted octanol–water partition coefficient (Wildman–Crippen LogP) is 2.82. The Morgan fingerprint density at radius 3 is 2.85 bits per heavy atom. The van der Waals surface area contributed by atoms with Gasteiger partial charge in [0.1, 0.15) is 5.82 Å². The highest BCUT2D eigenvalue weighted by Crippen LogP contribution is 2.28. The van der Waals surface area contributed by atoms with Crippen molar-refractivity contribution in [3.05, 3.63) is 45.8 Å². The SMILES string of the molecule is CC(C)c1nc(COc2cc(F)ccc2[N+](=O)[O-])no1. The highest BCUT2D eigenvalue weighted by molar-refractivity contribution is 5.46. The number of ether oxygens (including phenoxy) is 1. The van der Waals surface area contributed by atoms with E-state index in [1.165, 1.54) is 0 Å². The van der Waals surface area contributed by atoms with E-state index >= 15 is 0 Å². The summed E-state index contributed by atoms with van der Waals surface area (Å²) < 4.78 is 23.3. The number of nitro benzene ring substituents is 1. The molecule has 0 amide bonds. The summed E-state index contributed by atoms with van der Waals surface area (Å²) in [5.74, 6) is -0.0446. The van der Waals surface area contributed by atoms with Crippen LogP contribution in [0, 0.1) is 15.9 Å². The Morgan fingerprint density at radius 1 is 1.50 bits per heavy atom. The lowest BCUT2D eigenvalue weighted by Gasteiger charge is -2.04. The van der Waals surface area contributed by atoms with E-state index < -0.39 is 10.7 Å². The zero-order chi connectivity index (χ0) is 14.7. The van der Waals surface area contributed by atoms with Crippen molar-refractivity contribution in [2.75, 3.05) is 0 Å². The Morgan fingerprint density at radius 2 is 2.25 bits per heavy atom. The van der Waals surface area contributed by atoms with Crippen LogP contribution in [-0.2, 0) is 6.61 Å². The topological polar surface area (TPSA) is 91.3 Å². The van der Waals surface area contributed by atoms with E-state index in [9.17, 15) is 14.5 Å². The van der Waals surface area contributed by atoms with Gasteiger partial charge in [-0.1, -0.05) is 19.0 Å². The Hall–Kier alpha value is -2.51. The normalized spacial score (nSPS) is 10.8. The van der Waals surface area contributed by atoms with Crippen molar-refractivity contribution in [1.82, 2.24) is 10.1 Å². The molecule has 0 saturated heterocycles. The highest BCUT2D eigenvalue weighted by Gasteiger charge is 2.17. The third kappa shape index (κ3) is 3.08. The van der Waals surface area contributed by atoms with Crippen molar-refractivity contribution in [3.8, 4) is 5.75 Å². The first-order valence-electron chi connectivity index (χ1n) is 5.86. The average Bonchev–Trinajstić information content (AvgIpc) is 2.85. The van der Waals surface area contributed by atoms with Crippen LogP contribution in [0.25, 0.3) is 0 Å². The molecule has 0 aliphatic carbocycles. The van der Waals surface area contributed by atoms with Crippen LogP contribution in [-0.4, -0.2) is 15.1 Å². The minimum Gasteiger partial charge on any atom is -0.478 e.